The quantitative estimate of drug-likeness (QED) is 0.533. The fraction of sp³-hybridized carbons (Fsp3) is 0. The number of amidine groups is 1. The largest absolute Gasteiger partial charge is 0.380 e. The standard InChI is InChI=1S/C14H12ClN5/c15-13-10-17-9-12(19-13)14(16)20-18-8-4-7-11-5-2-1-3-6-11/h1-10H,(H2,16,20)/b7-4+,18-8-. The summed E-state index contributed by atoms with van der Waals surface area (Å²) in [4.78, 5) is 7.84. The molecule has 20 heavy (non-hydrogen) atoms. The number of halogens is 1. The average molecular weight is 286 g/mol. The first-order valence-corrected chi connectivity index (χ1v) is 6.19. The third-order valence-electron chi connectivity index (χ3n) is 2.27. The molecule has 0 spiro atoms. The van der Waals surface area contributed by atoms with Crippen molar-refractivity contribution >= 4 is 29.7 Å². The molecule has 0 atom stereocenters. The Labute approximate surface area is 121 Å². The van der Waals surface area contributed by atoms with Crippen LogP contribution >= 0.6 is 11.6 Å². The summed E-state index contributed by atoms with van der Waals surface area (Å²) in [5.41, 5.74) is 7.18. The molecule has 2 aromatic rings. The normalized spacial score (nSPS) is 12.3. The molecule has 0 aliphatic rings. The van der Waals surface area contributed by atoms with Gasteiger partial charge in [-0.2, -0.15) is 5.10 Å². The smallest absolute Gasteiger partial charge is 0.173 e. The summed E-state index contributed by atoms with van der Waals surface area (Å²) in [6.45, 7) is 0. The highest BCUT2D eigenvalue weighted by atomic mass is 35.5. The highest BCUT2D eigenvalue weighted by molar-refractivity contribution is 6.29. The van der Waals surface area contributed by atoms with E-state index in [9.17, 15) is 0 Å². The average Bonchev–Trinajstić information content (AvgIpc) is 2.48. The van der Waals surface area contributed by atoms with Crippen molar-refractivity contribution in [2.45, 2.75) is 0 Å². The SMILES string of the molecule is N/C(=N/N=C\C=C\c1ccccc1)c1cncc(Cl)n1. The lowest BCUT2D eigenvalue weighted by molar-refractivity contribution is 1.15. The van der Waals surface area contributed by atoms with Gasteiger partial charge in [0, 0.05) is 6.21 Å². The van der Waals surface area contributed by atoms with E-state index in [1.54, 1.807) is 6.08 Å². The van der Waals surface area contributed by atoms with Gasteiger partial charge < -0.3 is 5.73 Å². The van der Waals surface area contributed by atoms with Crippen molar-refractivity contribution < 1.29 is 0 Å². The maximum atomic E-state index is 5.71. The van der Waals surface area contributed by atoms with Crippen LogP contribution in [-0.2, 0) is 0 Å². The van der Waals surface area contributed by atoms with Crippen LogP contribution in [0.2, 0.25) is 5.15 Å². The van der Waals surface area contributed by atoms with Crippen LogP contribution < -0.4 is 5.73 Å². The second-order valence-electron chi connectivity index (χ2n) is 3.75. The van der Waals surface area contributed by atoms with Gasteiger partial charge in [0.25, 0.3) is 0 Å². The molecule has 0 radical (unpaired) electrons. The summed E-state index contributed by atoms with van der Waals surface area (Å²) in [5.74, 6) is 0.157. The molecule has 100 valence electrons. The van der Waals surface area contributed by atoms with Crippen LogP contribution in [0, 0.1) is 0 Å². The van der Waals surface area contributed by atoms with Crippen LogP contribution in [0.4, 0.5) is 0 Å². The van der Waals surface area contributed by atoms with Gasteiger partial charge in [0.1, 0.15) is 10.8 Å². The summed E-state index contributed by atoms with van der Waals surface area (Å²) < 4.78 is 0. The molecule has 0 bridgehead atoms. The van der Waals surface area contributed by atoms with Gasteiger partial charge in [-0.25, -0.2) is 4.98 Å². The minimum absolute atomic E-state index is 0.157. The van der Waals surface area contributed by atoms with Gasteiger partial charge in [-0.3, -0.25) is 4.98 Å². The number of nitrogens with zero attached hydrogens (tertiary/aromatic N) is 4. The molecular weight excluding hydrogens is 274 g/mol. The monoisotopic (exact) mass is 285 g/mol. The van der Waals surface area contributed by atoms with Crippen molar-refractivity contribution in [3.05, 3.63) is 65.2 Å². The Kier molecular flexibility index (Phi) is 4.97. The molecule has 2 rings (SSSR count). The van der Waals surface area contributed by atoms with E-state index < -0.39 is 0 Å². The Bertz CT molecular complexity index is 650. The fourth-order valence-corrected chi connectivity index (χ4v) is 1.52. The predicted octanol–water partition coefficient (Wildman–Crippen LogP) is 2.53. The lowest BCUT2D eigenvalue weighted by Crippen LogP contribution is -2.14. The second kappa shape index (κ2) is 7.16. The minimum Gasteiger partial charge on any atom is -0.380 e. The van der Waals surface area contributed by atoms with Crippen molar-refractivity contribution in [1.82, 2.24) is 9.97 Å². The summed E-state index contributed by atoms with van der Waals surface area (Å²) in [6.07, 6.45) is 8.12. The number of hydrogen-bond acceptors (Lipinski definition) is 4. The van der Waals surface area contributed by atoms with Gasteiger partial charge in [0.2, 0.25) is 0 Å². The summed E-state index contributed by atoms with van der Waals surface area (Å²) in [6, 6.07) is 9.87. The fourth-order valence-electron chi connectivity index (χ4n) is 1.37. The minimum atomic E-state index is 0.157. The lowest BCUT2D eigenvalue weighted by Gasteiger charge is -1.96. The number of rotatable bonds is 4. The first-order valence-electron chi connectivity index (χ1n) is 5.82. The molecule has 0 saturated heterocycles. The van der Waals surface area contributed by atoms with Gasteiger partial charge in [-0.15, -0.1) is 5.10 Å². The summed E-state index contributed by atoms with van der Waals surface area (Å²) in [7, 11) is 0. The molecule has 0 amide bonds. The Hall–Kier alpha value is -2.53. The van der Waals surface area contributed by atoms with Gasteiger partial charge in [-0.1, -0.05) is 48.0 Å². The van der Waals surface area contributed by atoms with Gasteiger partial charge in [-0.05, 0) is 11.6 Å². The Morgan fingerprint density at radius 1 is 1.20 bits per heavy atom. The zero-order valence-corrected chi connectivity index (χ0v) is 11.3. The predicted molar refractivity (Wildman–Crippen MR) is 81.7 cm³/mol. The maximum absolute atomic E-state index is 5.71. The second-order valence-corrected chi connectivity index (χ2v) is 4.13. The van der Waals surface area contributed by atoms with E-state index in [1.165, 1.54) is 18.6 Å². The molecule has 2 N–H and O–H groups in total. The number of hydrogen-bond donors (Lipinski definition) is 1. The zero-order valence-electron chi connectivity index (χ0n) is 10.5. The van der Waals surface area contributed by atoms with Crippen LogP contribution in [0.25, 0.3) is 6.08 Å². The zero-order chi connectivity index (χ0) is 14.2. The molecule has 1 aromatic carbocycles. The van der Waals surface area contributed by atoms with Crippen molar-refractivity contribution in [3.8, 4) is 0 Å². The third kappa shape index (κ3) is 4.29. The number of nitrogens with two attached hydrogens (primary N) is 1. The first-order chi connectivity index (χ1) is 9.75. The number of aromatic nitrogens is 2. The van der Waals surface area contributed by atoms with E-state index in [-0.39, 0.29) is 11.0 Å². The van der Waals surface area contributed by atoms with Crippen molar-refractivity contribution in [2.24, 2.45) is 15.9 Å². The van der Waals surface area contributed by atoms with Crippen molar-refractivity contribution in [1.29, 1.82) is 0 Å². The van der Waals surface area contributed by atoms with E-state index in [2.05, 4.69) is 20.2 Å². The molecule has 0 saturated carbocycles. The van der Waals surface area contributed by atoms with E-state index in [4.69, 9.17) is 17.3 Å². The van der Waals surface area contributed by atoms with E-state index >= 15 is 0 Å². The van der Waals surface area contributed by atoms with Crippen LogP contribution in [0.1, 0.15) is 11.3 Å². The number of benzene rings is 1. The molecule has 5 nitrogen and oxygen atoms in total. The molecule has 1 aromatic heterocycles. The molecule has 0 fully saturated rings. The summed E-state index contributed by atoms with van der Waals surface area (Å²) >= 11 is 5.71. The van der Waals surface area contributed by atoms with Crippen LogP contribution in [0.3, 0.4) is 0 Å². The van der Waals surface area contributed by atoms with Crippen LogP contribution in [0.5, 0.6) is 0 Å². The van der Waals surface area contributed by atoms with E-state index in [0.717, 1.165) is 5.56 Å². The van der Waals surface area contributed by atoms with Crippen LogP contribution in [0.15, 0.2) is 59.0 Å². The highest BCUT2D eigenvalue weighted by Crippen LogP contribution is 2.02. The van der Waals surface area contributed by atoms with Gasteiger partial charge in [0.15, 0.2) is 5.84 Å². The third-order valence-corrected chi connectivity index (χ3v) is 2.46. The Balaban J connectivity index is 1.98. The van der Waals surface area contributed by atoms with E-state index in [1.807, 2.05) is 36.4 Å². The van der Waals surface area contributed by atoms with Crippen LogP contribution in [-0.4, -0.2) is 22.0 Å². The molecule has 1 heterocycles. The number of allylic oxidation sites excluding steroid dienone is 1. The molecule has 0 aliphatic heterocycles. The Morgan fingerprint density at radius 3 is 2.75 bits per heavy atom. The molecular formula is C14H12ClN5. The van der Waals surface area contributed by atoms with Crippen molar-refractivity contribution in [3.63, 3.8) is 0 Å². The van der Waals surface area contributed by atoms with Gasteiger partial charge >= 0.3 is 0 Å². The molecule has 0 unspecified atom stereocenters. The van der Waals surface area contributed by atoms with Crippen molar-refractivity contribution in [2.75, 3.05) is 0 Å². The summed E-state index contributed by atoms with van der Waals surface area (Å²) in [5, 5.41) is 7.91. The highest BCUT2D eigenvalue weighted by Gasteiger charge is 2.00. The first kappa shape index (κ1) is 13.9. The van der Waals surface area contributed by atoms with Gasteiger partial charge in [0.05, 0.1) is 12.4 Å². The van der Waals surface area contributed by atoms with E-state index in [0.29, 0.717) is 5.69 Å². The lowest BCUT2D eigenvalue weighted by atomic mass is 10.2. The molecule has 6 heteroatoms. The maximum Gasteiger partial charge on any atom is 0.173 e. The topological polar surface area (TPSA) is 76.5 Å². The molecule has 0 aliphatic carbocycles. The Morgan fingerprint density at radius 2 is 2.00 bits per heavy atom.